The SMILES string of the molecule is CN=C(NCC1(c2ccc(OC)cc2)CCOCC1)N1CCC(NC(=O)OC(C)(C)C)C1. The van der Waals surface area contributed by atoms with Gasteiger partial charge in [0.05, 0.1) is 13.2 Å². The molecule has 2 aliphatic heterocycles. The summed E-state index contributed by atoms with van der Waals surface area (Å²) in [6.07, 6.45) is 2.39. The largest absolute Gasteiger partial charge is 0.497 e. The smallest absolute Gasteiger partial charge is 0.407 e. The van der Waals surface area contributed by atoms with E-state index in [1.165, 1.54) is 5.56 Å². The van der Waals surface area contributed by atoms with E-state index in [0.717, 1.165) is 57.3 Å². The van der Waals surface area contributed by atoms with Crippen molar-refractivity contribution in [3.8, 4) is 5.75 Å². The van der Waals surface area contributed by atoms with Gasteiger partial charge in [0.2, 0.25) is 0 Å². The molecule has 0 bridgehead atoms. The van der Waals surface area contributed by atoms with Crippen LogP contribution < -0.4 is 15.4 Å². The molecule has 0 saturated carbocycles. The summed E-state index contributed by atoms with van der Waals surface area (Å²) in [5, 5.41) is 6.59. The molecule has 0 aliphatic carbocycles. The van der Waals surface area contributed by atoms with E-state index in [9.17, 15) is 4.79 Å². The number of guanidine groups is 1. The highest BCUT2D eigenvalue weighted by Gasteiger charge is 2.36. The van der Waals surface area contributed by atoms with Gasteiger partial charge in [0.15, 0.2) is 5.96 Å². The van der Waals surface area contributed by atoms with Crippen LogP contribution in [0.25, 0.3) is 0 Å². The molecule has 1 aromatic carbocycles. The Balaban J connectivity index is 1.61. The number of methoxy groups -OCH3 is 1. The van der Waals surface area contributed by atoms with Gasteiger partial charge in [0.1, 0.15) is 11.4 Å². The Hall–Kier alpha value is -2.48. The zero-order chi connectivity index (χ0) is 23.2. The fourth-order valence-electron chi connectivity index (χ4n) is 4.40. The highest BCUT2D eigenvalue weighted by Crippen LogP contribution is 2.35. The van der Waals surface area contributed by atoms with Crippen LogP contribution in [0.1, 0.15) is 45.6 Å². The van der Waals surface area contributed by atoms with Crippen LogP contribution in [0.2, 0.25) is 0 Å². The van der Waals surface area contributed by atoms with E-state index in [1.807, 2.05) is 32.9 Å². The summed E-state index contributed by atoms with van der Waals surface area (Å²) >= 11 is 0. The second-order valence-corrected chi connectivity index (χ2v) is 9.60. The summed E-state index contributed by atoms with van der Waals surface area (Å²) in [7, 11) is 3.49. The number of amides is 1. The van der Waals surface area contributed by atoms with Gasteiger partial charge in [-0.05, 0) is 57.7 Å². The van der Waals surface area contributed by atoms with Crippen LogP contribution in [-0.4, -0.2) is 75.6 Å². The number of benzene rings is 1. The maximum absolute atomic E-state index is 12.1. The minimum Gasteiger partial charge on any atom is -0.497 e. The number of nitrogens with one attached hydrogen (secondary N) is 2. The molecule has 8 nitrogen and oxygen atoms in total. The molecule has 0 radical (unpaired) electrons. The lowest BCUT2D eigenvalue weighted by Crippen LogP contribution is -2.49. The first-order valence-electron chi connectivity index (χ1n) is 11.4. The molecule has 1 atom stereocenters. The molecule has 2 aliphatic rings. The summed E-state index contributed by atoms with van der Waals surface area (Å²) in [5.74, 6) is 1.72. The van der Waals surface area contributed by atoms with Gasteiger partial charge in [-0.2, -0.15) is 0 Å². The predicted molar refractivity (Wildman–Crippen MR) is 125 cm³/mol. The van der Waals surface area contributed by atoms with Crippen LogP contribution in [-0.2, 0) is 14.9 Å². The third kappa shape index (κ3) is 6.28. The van der Waals surface area contributed by atoms with Crippen LogP contribution >= 0.6 is 0 Å². The Morgan fingerprint density at radius 3 is 2.53 bits per heavy atom. The standard InChI is InChI=1S/C24H38N4O4/c1-23(2,3)32-22(29)27-19-10-13-28(16-19)21(25-4)26-17-24(11-14-31-15-12-24)18-6-8-20(30-5)9-7-18/h6-9,19H,10-17H2,1-5H3,(H,25,26)(H,27,29). The number of aliphatic imine (C=N–C) groups is 1. The summed E-state index contributed by atoms with van der Waals surface area (Å²) in [4.78, 5) is 18.8. The molecule has 3 rings (SSSR count). The average molecular weight is 447 g/mol. The summed E-state index contributed by atoms with van der Waals surface area (Å²) < 4.78 is 16.4. The molecule has 2 saturated heterocycles. The van der Waals surface area contributed by atoms with Gasteiger partial charge < -0.3 is 29.7 Å². The first kappa shape index (κ1) is 24.2. The lowest BCUT2D eigenvalue weighted by molar-refractivity contribution is 0.0507. The quantitative estimate of drug-likeness (QED) is 0.534. The number of ether oxygens (including phenoxy) is 3. The minimum atomic E-state index is -0.501. The maximum Gasteiger partial charge on any atom is 0.407 e. The average Bonchev–Trinajstić information content (AvgIpc) is 3.21. The molecule has 0 spiro atoms. The van der Waals surface area contributed by atoms with E-state index in [1.54, 1.807) is 14.2 Å². The Labute approximate surface area is 191 Å². The third-order valence-electron chi connectivity index (χ3n) is 6.16. The molecule has 178 valence electrons. The molecule has 0 aromatic heterocycles. The molecule has 2 N–H and O–H groups in total. The van der Waals surface area contributed by atoms with Gasteiger partial charge in [-0.3, -0.25) is 4.99 Å². The molecule has 2 heterocycles. The van der Waals surface area contributed by atoms with Gasteiger partial charge in [0.25, 0.3) is 0 Å². The normalized spacial score (nSPS) is 21.2. The zero-order valence-corrected chi connectivity index (χ0v) is 20.1. The van der Waals surface area contributed by atoms with Gasteiger partial charge >= 0.3 is 6.09 Å². The van der Waals surface area contributed by atoms with Gasteiger partial charge in [-0.1, -0.05) is 12.1 Å². The fraction of sp³-hybridized carbons (Fsp3) is 0.667. The number of nitrogens with zero attached hydrogens (tertiary/aromatic N) is 2. The first-order chi connectivity index (χ1) is 15.2. The van der Waals surface area contributed by atoms with Crippen LogP contribution in [0, 0.1) is 0 Å². The number of hydrogen-bond acceptors (Lipinski definition) is 5. The predicted octanol–water partition coefficient (Wildman–Crippen LogP) is 2.92. The monoisotopic (exact) mass is 446 g/mol. The first-order valence-corrected chi connectivity index (χ1v) is 11.4. The van der Waals surface area contributed by atoms with Gasteiger partial charge in [-0.15, -0.1) is 0 Å². The molecule has 1 unspecified atom stereocenters. The van der Waals surface area contributed by atoms with Crippen molar-refractivity contribution in [2.24, 2.45) is 4.99 Å². The lowest BCUT2D eigenvalue weighted by Gasteiger charge is -2.39. The van der Waals surface area contributed by atoms with E-state index in [0.29, 0.717) is 6.54 Å². The lowest BCUT2D eigenvalue weighted by atomic mass is 9.74. The van der Waals surface area contributed by atoms with Crippen molar-refractivity contribution >= 4 is 12.1 Å². The number of likely N-dealkylation sites (tertiary alicyclic amines) is 1. The van der Waals surface area contributed by atoms with Gasteiger partial charge in [-0.25, -0.2) is 4.79 Å². The number of hydrogen-bond donors (Lipinski definition) is 2. The minimum absolute atomic E-state index is 0.0195. The molecule has 1 aromatic rings. The van der Waals surface area contributed by atoms with Crippen molar-refractivity contribution in [1.82, 2.24) is 15.5 Å². The van der Waals surface area contributed by atoms with Crippen molar-refractivity contribution in [3.05, 3.63) is 29.8 Å². The fourth-order valence-corrected chi connectivity index (χ4v) is 4.40. The van der Waals surface area contributed by atoms with E-state index in [-0.39, 0.29) is 17.6 Å². The van der Waals surface area contributed by atoms with Crippen molar-refractivity contribution < 1.29 is 19.0 Å². The van der Waals surface area contributed by atoms with Crippen LogP contribution in [0.5, 0.6) is 5.75 Å². The molecule has 1 amide bonds. The number of carbonyl (C=O) groups excluding carboxylic acids is 1. The van der Waals surface area contributed by atoms with Crippen molar-refractivity contribution in [2.75, 3.05) is 47.0 Å². The Kier molecular flexibility index (Phi) is 7.87. The molecule has 2 fully saturated rings. The summed E-state index contributed by atoms with van der Waals surface area (Å²) in [6, 6.07) is 8.40. The second-order valence-electron chi connectivity index (χ2n) is 9.60. The zero-order valence-electron chi connectivity index (χ0n) is 20.1. The Morgan fingerprint density at radius 2 is 1.94 bits per heavy atom. The van der Waals surface area contributed by atoms with Crippen molar-refractivity contribution in [3.63, 3.8) is 0 Å². The van der Waals surface area contributed by atoms with E-state index in [4.69, 9.17) is 14.2 Å². The Bertz CT molecular complexity index is 782. The molecular weight excluding hydrogens is 408 g/mol. The Morgan fingerprint density at radius 1 is 1.25 bits per heavy atom. The summed E-state index contributed by atoms with van der Waals surface area (Å²) in [6.45, 7) is 9.42. The number of rotatable bonds is 5. The van der Waals surface area contributed by atoms with Gasteiger partial charge in [0, 0.05) is 45.3 Å². The highest BCUT2D eigenvalue weighted by atomic mass is 16.6. The van der Waals surface area contributed by atoms with Crippen LogP contribution in [0.4, 0.5) is 4.79 Å². The molecule has 32 heavy (non-hydrogen) atoms. The topological polar surface area (TPSA) is 84.4 Å². The van der Waals surface area contributed by atoms with E-state index >= 15 is 0 Å². The molecule has 8 heteroatoms. The second kappa shape index (κ2) is 10.4. The van der Waals surface area contributed by atoms with E-state index < -0.39 is 5.60 Å². The maximum atomic E-state index is 12.1. The van der Waals surface area contributed by atoms with Crippen LogP contribution in [0.3, 0.4) is 0 Å². The highest BCUT2D eigenvalue weighted by molar-refractivity contribution is 5.80. The number of carbonyl (C=O) groups is 1. The van der Waals surface area contributed by atoms with E-state index in [2.05, 4.69) is 32.7 Å². The third-order valence-corrected chi connectivity index (χ3v) is 6.16. The van der Waals surface area contributed by atoms with Crippen LogP contribution in [0.15, 0.2) is 29.3 Å². The van der Waals surface area contributed by atoms with Crippen molar-refractivity contribution in [2.45, 2.75) is 57.1 Å². The summed E-state index contributed by atoms with van der Waals surface area (Å²) in [5.41, 5.74) is 0.767. The molecular formula is C24H38N4O4. The van der Waals surface area contributed by atoms with Crippen molar-refractivity contribution in [1.29, 1.82) is 0 Å². The number of alkyl carbamates (subject to hydrolysis) is 1.